The van der Waals surface area contributed by atoms with Crippen molar-refractivity contribution in [2.75, 3.05) is 4.90 Å². The largest absolute Gasteiger partial charge is 0.351 e. The lowest BCUT2D eigenvalue weighted by Crippen LogP contribution is -2.12. The van der Waals surface area contributed by atoms with Gasteiger partial charge in [0.25, 0.3) is 0 Å². The first-order chi connectivity index (χ1) is 12.2. The normalized spacial score (nSPS) is 13.7. The minimum absolute atomic E-state index is 0.918. The Labute approximate surface area is 150 Å². The number of nitrogens with zero attached hydrogens (tertiary/aromatic N) is 2. The van der Waals surface area contributed by atoms with Crippen molar-refractivity contribution in [3.63, 3.8) is 0 Å². The van der Waals surface area contributed by atoms with Gasteiger partial charge in [-0.1, -0.05) is 38.5 Å². The second kappa shape index (κ2) is 6.44. The molecule has 2 aromatic carbocycles. The summed E-state index contributed by atoms with van der Waals surface area (Å²) in [5, 5.41) is 1.28. The van der Waals surface area contributed by atoms with E-state index in [1.165, 1.54) is 59.0 Å². The van der Waals surface area contributed by atoms with E-state index in [0.29, 0.717) is 0 Å². The summed E-state index contributed by atoms with van der Waals surface area (Å²) in [4.78, 5) is 2.34. The van der Waals surface area contributed by atoms with Gasteiger partial charge in [0.2, 0.25) is 0 Å². The van der Waals surface area contributed by atoms with Crippen LogP contribution in [0.15, 0.2) is 55.2 Å². The minimum atomic E-state index is 0.918. The molecule has 1 aliphatic heterocycles. The topological polar surface area (TPSA) is 8.17 Å². The van der Waals surface area contributed by atoms with E-state index in [-0.39, 0.29) is 0 Å². The number of rotatable bonds is 5. The highest BCUT2D eigenvalue weighted by Crippen LogP contribution is 2.37. The van der Waals surface area contributed by atoms with Gasteiger partial charge in [-0.3, -0.25) is 0 Å². The molecule has 1 aromatic heterocycles. The Bertz CT molecular complexity index is 932. The summed E-state index contributed by atoms with van der Waals surface area (Å²) in [5.74, 6) is 0. The summed E-state index contributed by atoms with van der Waals surface area (Å²) < 4.78 is 2.16. The van der Waals surface area contributed by atoms with Crippen LogP contribution in [0.25, 0.3) is 16.6 Å². The van der Waals surface area contributed by atoms with E-state index < -0.39 is 0 Å². The fraction of sp³-hybridized carbons (Fsp3) is 0.304. The van der Waals surface area contributed by atoms with Gasteiger partial charge in [0.15, 0.2) is 0 Å². The van der Waals surface area contributed by atoms with E-state index in [9.17, 15) is 0 Å². The molecule has 0 bridgehead atoms. The molecule has 0 atom stereocenters. The van der Waals surface area contributed by atoms with Gasteiger partial charge in [0.1, 0.15) is 0 Å². The van der Waals surface area contributed by atoms with Crippen LogP contribution in [0.3, 0.4) is 0 Å². The van der Waals surface area contributed by atoms with Crippen LogP contribution in [0.1, 0.15) is 42.9 Å². The van der Waals surface area contributed by atoms with Crippen molar-refractivity contribution < 1.29 is 0 Å². The van der Waals surface area contributed by atoms with Gasteiger partial charge in [0.05, 0.1) is 0 Å². The highest BCUT2D eigenvalue weighted by Gasteiger charge is 2.24. The number of fused-ring (bicyclic) bond motifs is 2. The van der Waals surface area contributed by atoms with Crippen LogP contribution in [0.4, 0.5) is 5.69 Å². The van der Waals surface area contributed by atoms with E-state index in [2.05, 4.69) is 78.7 Å². The van der Waals surface area contributed by atoms with E-state index in [1.807, 2.05) is 0 Å². The summed E-state index contributed by atoms with van der Waals surface area (Å²) >= 11 is 0. The highest BCUT2D eigenvalue weighted by molar-refractivity contribution is 5.89. The molecule has 1 aliphatic rings. The van der Waals surface area contributed by atoms with Crippen LogP contribution in [-0.4, -0.2) is 4.57 Å². The molecule has 4 rings (SSSR count). The fourth-order valence-electron chi connectivity index (χ4n) is 3.86. The predicted molar refractivity (Wildman–Crippen MR) is 108 cm³/mol. The highest BCUT2D eigenvalue weighted by atomic mass is 15.2. The number of hydrogen-bond donors (Lipinski definition) is 0. The number of aryl methyl sites for hydroxylation is 2. The van der Waals surface area contributed by atoms with Crippen LogP contribution in [0, 0.1) is 0 Å². The molecule has 0 unspecified atom stereocenters. The van der Waals surface area contributed by atoms with Gasteiger partial charge in [-0.25, -0.2) is 0 Å². The third-order valence-corrected chi connectivity index (χ3v) is 5.39. The van der Waals surface area contributed by atoms with Gasteiger partial charge in [-0.15, -0.1) is 0 Å². The maximum Gasteiger partial charge on any atom is 0.0488 e. The van der Waals surface area contributed by atoms with Crippen LogP contribution < -0.4 is 4.90 Å². The zero-order chi connectivity index (χ0) is 17.4. The smallest absolute Gasteiger partial charge is 0.0488 e. The van der Waals surface area contributed by atoms with E-state index in [4.69, 9.17) is 0 Å². The van der Waals surface area contributed by atoms with Crippen molar-refractivity contribution in [3.8, 4) is 0 Å². The van der Waals surface area contributed by atoms with Crippen LogP contribution in [0.5, 0.6) is 0 Å². The second-order valence-electron chi connectivity index (χ2n) is 7.15. The molecule has 0 amide bonds. The maximum absolute atomic E-state index is 4.40. The molecule has 0 N–H and O–H groups in total. The SMILES string of the molecule is C=C1c2cc(CCCCC)ccc2CN1c1ccc2c(ccn2C)c1. The summed E-state index contributed by atoms with van der Waals surface area (Å²) in [5.41, 5.74) is 7.77. The molecule has 0 saturated carbocycles. The molecule has 2 nitrogen and oxygen atoms in total. The summed E-state index contributed by atoms with van der Waals surface area (Å²) in [6, 6.07) is 15.8. The second-order valence-corrected chi connectivity index (χ2v) is 7.15. The standard InChI is InChI=1S/C23H26N2/c1-4-5-6-7-18-8-9-20-16-25(17(2)22(20)14-18)21-10-11-23-19(15-21)12-13-24(23)3/h8-15H,2,4-7,16H2,1,3H3. The number of hydrogen-bond acceptors (Lipinski definition) is 1. The van der Waals surface area contributed by atoms with E-state index in [0.717, 1.165) is 12.2 Å². The quantitative estimate of drug-likeness (QED) is 0.529. The van der Waals surface area contributed by atoms with Crippen molar-refractivity contribution in [2.45, 2.75) is 39.2 Å². The Hall–Kier alpha value is -2.48. The summed E-state index contributed by atoms with van der Waals surface area (Å²) in [6.07, 6.45) is 7.14. The average molecular weight is 330 g/mol. The van der Waals surface area contributed by atoms with Crippen molar-refractivity contribution in [2.24, 2.45) is 7.05 Å². The first-order valence-corrected chi connectivity index (χ1v) is 9.31. The molecule has 0 aliphatic carbocycles. The van der Waals surface area contributed by atoms with Gasteiger partial charge in [-0.05, 0) is 54.3 Å². The maximum atomic E-state index is 4.40. The predicted octanol–water partition coefficient (Wildman–Crippen LogP) is 5.90. The third-order valence-electron chi connectivity index (χ3n) is 5.39. The third kappa shape index (κ3) is 2.86. The monoisotopic (exact) mass is 330 g/mol. The van der Waals surface area contributed by atoms with Crippen LogP contribution in [-0.2, 0) is 20.0 Å². The molecule has 2 heteroatoms. The zero-order valence-electron chi connectivity index (χ0n) is 15.3. The Kier molecular flexibility index (Phi) is 4.12. The Morgan fingerprint density at radius 2 is 1.92 bits per heavy atom. The molecule has 0 saturated heterocycles. The number of benzene rings is 2. The van der Waals surface area contributed by atoms with Crippen LogP contribution >= 0.6 is 0 Å². The number of anilines is 1. The number of unbranched alkanes of at least 4 members (excludes halogenated alkanes) is 2. The summed E-state index contributed by atoms with van der Waals surface area (Å²) in [7, 11) is 2.09. The Morgan fingerprint density at radius 1 is 1.04 bits per heavy atom. The molecule has 2 heterocycles. The minimum Gasteiger partial charge on any atom is -0.351 e. The molecule has 0 fully saturated rings. The van der Waals surface area contributed by atoms with Gasteiger partial charge in [-0.2, -0.15) is 0 Å². The first-order valence-electron chi connectivity index (χ1n) is 9.31. The lowest BCUT2D eigenvalue weighted by Gasteiger charge is -2.19. The van der Waals surface area contributed by atoms with Crippen molar-refractivity contribution in [3.05, 3.63) is 71.9 Å². The first kappa shape index (κ1) is 16.0. The summed E-state index contributed by atoms with van der Waals surface area (Å²) in [6.45, 7) is 7.57. The molecule has 128 valence electrons. The molecular weight excluding hydrogens is 304 g/mol. The lowest BCUT2D eigenvalue weighted by molar-refractivity contribution is 0.717. The average Bonchev–Trinajstić information content (AvgIpc) is 3.16. The fourth-order valence-corrected chi connectivity index (χ4v) is 3.86. The van der Waals surface area contributed by atoms with Gasteiger partial charge >= 0.3 is 0 Å². The van der Waals surface area contributed by atoms with Gasteiger partial charge < -0.3 is 9.47 Å². The molecular formula is C23H26N2. The van der Waals surface area contributed by atoms with E-state index >= 15 is 0 Å². The molecule has 25 heavy (non-hydrogen) atoms. The molecule has 0 radical (unpaired) electrons. The lowest BCUT2D eigenvalue weighted by atomic mass is 10.0. The zero-order valence-corrected chi connectivity index (χ0v) is 15.3. The van der Waals surface area contributed by atoms with Crippen molar-refractivity contribution >= 4 is 22.3 Å². The molecule has 3 aromatic rings. The van der Waals surface area contributed by atoms with Crippen molar-refractivity contribution in [1.29, 1.82) is 0 Å². The van der Waals surface area contributed by atoms with Crippen LogP contribution in [0.2, 0.25) is 0 Å². The Morgan fingerprint density at radius 3 is 2.76 bits per heavy atom. The van der Waals surface area contributed by atoms with Crippen molar-refractivity contribution in [1.82, 2.24) is 4.57 Å². The number of aromatic nitrogens is 1. The van der Waals surface area contributed by atoms with Gasteiger partial charge in [0, 0.05) is 47.6 Å². The molecule has 0 spiro atoms. The Balaban J connectivity index is 1.60. The van der Waals surface area contributed by atoms with E-state index in [1.54, 1.807) is 0 Å².